The Bertz CT molecular complexity index is 624. The topological polar surface area (TPSA) is 29.5 Å². The van der Waals surface area contributed by atoms with Crippen LogP contribution in [0, 0.1) is 0 Å². The monoisotopic (exact) mass is 281 g/mol. The molecule has 3 heteroatoms. The fourth-order valence-electron chi connectivity index (χ4n) is 3.04. The number of methoxy groups -OCH3 is 1. The van der Waals surface area contributed by atoms with Crippen LogP contribution in [0.3, 0.4) is 0 Å². The van der Waals surface area contributed by atoms with Gasteiger partial charge in [0.2, 0.25) is 0 Å². The Morgan fingerprint density at radius 3 is 2.62 bits per heavy atom. The van der Waals surface area contributed by atoms with Crippen molar-refractivity contribution in [2.45, 2.75) is 18.9 Å². The fraction of sp³-hybridized carbons (Fsp3) is 0.278. The molecule has 21 heavy (non-hydrogen) atoms. The van der Waals surface area contributed by atoms with E-state index >= 15 is 0 Å². The lowest BCUT2D eigenvalue weighted by molar-refractivity contribution is -0.122. The first-order chi connectivity index (χ1) is 10.3. The molecule has 0 aromatic heterocycles. The van der Waals surface area contributed by atoms with Crippen LogP contribution < -0.4 is 4.90 Å². The van der Waals surface area contributed by atoms with Gasteiger partial charge >= 0.3 is 0 Å². The van der Waals surface area contributed by atoms with Gasteiger partial charge in [-0.2, -0.15) is 0 Å². The fourth-order valence-corrected chi connectivity index (χ4v) is 3.04. The van der Waals surface area contributed by atoms with Gasteiger partial charge < -0.3 is 9.64 Å². The van der Waals surface area contributed by atoms with Crippen LogP contribution in [0.4, 0.5) is 5.69 Å². The molecule has 2 aromatic rings. The molecule has 0 N–H and O–H groups in total. The van der Waals surface area contributed by atoms with E-state index in [9.17, 15) is 4.79 Å². The van der Waals surface area contributed by atoms with Crippen molar-refractivity contribution in [1.29, 1.82) is 0 Å². The summed E-state index contributed by atoms with van der Waals surface area (Å²) in [4.78, 5) is 14.4. The minimum Gasteiger partial charge on any atom is -0.375 e. The minimum atomic E-state index is 0.0125. The minimum absolute atomic E-state index is 0.0125. The molecule has 3 nitrogen and oxygen atoms in total. The highest BCUT2D eigenvalue weighted by atomic mass is 16.5. The van der Waals surface area contributed by atoms with Crippen LogP contribution in [-0.2, 0) is 16.0 Å². The van der Waals surface area contributed by atoms with Gasteiger partial charge in [-0.25, -0.2) is 0 Å². The Labute approximate surface area is 125 Å². The first-order valence-electron chi connectivity index (χ1n) is 7.25. The van der Waals surface area contributed by atoms with Gasteiger partial charge in [0.25, 0.3) is 5.91 Å². The molecule has 108 valence electrons. The second-order valence-electron chi connectivity index (χ2n) is 5.29. The summed E-state index contributed by atoms with van der Waals surface area (Å²) in [6.07, 6.45) is 1.93. The molecule has 1 aliphatic rings. The second kappa shape index (κ2) is 6.10. The summed E-state index contributed by atoms with van der Waals surface area (Å²) >= 11 is 0. The van der Waals surface area contributed by atoms with E-state index in [1.165, 1.54) is 11.1 Å². The third-order valence-electron chi connectivity index (χ3n) is 3.97. The number of hydrogen-bond acceptors (Lipinski definition) is 2. The Kier molecular flexibility index (Phi) is 4.02. The molecular weight excluding hydrogens is 262 g/mol. The van der Waals surface area contributed by atoms with Gasteiger partial charge in [0.05, 0.1) is 6.04 Å². The van der Waals surface area contributed by atoms with Crippen molar-refractivity contribution in [3.63, 3.8) is 0 Å². The Morgan fingerprint density at radius 2 is 1.86 bits per heavy atom. The van der Waals surface area contributed by atoms with Crippen LogP contribution in [0.25, 0.3) is 0 Å². The molecule has 0 radical (unpaired) electrons. The van der Waals surface area contributed by atoms with Crippen molar-refractivity contribution in [3.05, 3.63) is 65.7 Å². The summed E-state index contributed by atoms with van der Waals surface area (Å²) in [6.45, 7) is 0.109. The number of nitrogens with zero attached hydrogens (tertiary/aromatic N) is 1. The maximum atomic E-state index is 12.5. The number of carbonyl (C=O) groups is 1. The number of carbonyl (C=O) groups excluding carboxylic acids is 1. The molecule has 1 amide bonds. The molecule has 0 spiro atoms. The molecule has 3 rings (SSSR count). The van der Waals surface area contributed by atoms with Crippen LogP contribution in [0.5, 0.6) is 0 Å². The number of rotatable bonds is 3. The molecule has 0 bridgehead atoms. The molecule has 1 atom stereocenters. The summed E-state index contributed by atoms with van der Waals surface area (Å²) in [6, 6.07) is 18.5. The molecule has 0 saturated carbocycles. The van der Waals surface area contributed by atoms with Gasteiger partial charge in [-0.1, -0.05) is 48.5 Å². The first-order valence-corrected chi connectivity index (χ1v) is 7.25. The lowest BCUT2D eigenvalue weighted by atomic mass is 9.91. The van der Waals surface area contributed by atoms with Gasteiger partial charge in [-0.15, -0.1) is 0 Å². The molecule has 0 aliphatic carbocycles. The Hall–Kier alpha value is -2.13. The van der Waals surface area contributed by atoms with Crippen molar-refractivity contribution in [2.75, 3.05) is 18.6 Å². The molecular formula is C18H19NO2. The van der Waals surface area contributed by atoms with Crippen LogP contribution in [0.15, 0.2) is 54.6 Å². The highest BCUT2D eigenvalue weighted by molar-refractivity contribution is 5.96. The molecule has 1 heterocycles. The summed E-state index contributed by atoms with van der Waals surface area (Å²) in [5.74, 6) is 0.0125. The van der Waals surface area contributed by atoms with E-state index in [1.807, 2.05) is 41.3 Å². The first kappa shape index (κ1) is 13.8. The van der Waals surface area contributed by atoms with Gasteiger partial charge in [0, 0.05) is 12.8 Å². The van der Waals surface area contributed by atoms with Gasteiger partial charge in [-0.05, 0) is 30.0 Å². The molecule has 1 aliphatic heterocycles. The number of hydrogen-bond donors (Lipinski definition) is 0. The third-order valence-corrected chi connectivity index (χ3v) is 3.97. The predicted molar refractivity (Wildman–Crippen MR) is 83.3 cm³/mol. The average molecular weight is 281 g/mol. The SMILES string of the molecule is COCC(=O)N1c2ccccc2CCC1c1ccccc1. The number of para-hydroxylation sites is 1. The van der Waals surface area contributed by atoms with Crippen molar-refractivity contribution < 1.29 is 9.53 Å². The highest BCUT2D eigenvalue weighted by Crippen LogP contribution is 2.38. The van der Waals surface area contributed by atoms with Crippen molar-refractivity contribution in [2.24, 2.45) is 0 Å². The van der Waals surface area contributed by atoms with E-state index in [2.05, 4.69) is 18.2 Å². The average Bonchev–Trinajstić information content (AvgIpc) is 2.54. The Morgan fingerprint density at radius 1 is 1.14 bits per heavy atom. The zero-order valence-corrected chi connectivity index (χ0v) is 12.2. The maximum absolute atomic E-state index is 12.5. The lowest BCUT2D eigenvalue weighted by Crippen LogP contribution is -2.40. The summed E-state index contributed by atoms with van der Waals surface area (Å²) in [7, 11) is 1.56. The lowest BCUT2D eigenvalue weighted by Gasteiger charge is -2.37. The van der Waals surface area contributed by atoms with Crippen molar-refractivity contribution in [3.8, 4) is 0 Å². The van der Waals surface area contributed by atoms with Gasteiger partial charge in [0.15, 0.2) is 0 Å². The van der Waals surface area contributed by atoms with Gasteiger partial charge in [0.1, 0.15) is 6.61 Å². The number of anilines is 1. The zero-order valence-electron chi connectivity index (χ0n) is 12.2. The van der Waals surface area contributed by atoms with Crippen molar-refractivity contribution >= 4 is 11.6 Å². The van der Waals surface area contributed by atoms with Crippen LogP contribution >= 0.6 is 0 Å². The van der Waals surface area contributed by atoms with Gasteiger partial charge in [-0.3, -0.25) is 4.79 Å². The quantitative estimate of drug-likeness (QED) is 0.863. The summed E-state index contributed by atoms with van der Waals surface area (Å²) in [5.41, 5.74) is 3.42. The zero-order chi connectivity index (χ0) is 14.7. The largest absolute Gasteiger partial charge is 0.375 e. The smallest absolute Gasteiger partial charge is 0.253 e. The van der Waals surface area contributed by atoms with E-state index in [0.717, 1.165) is 18.5 Å². The normalized spacial score (nSPS) is 17.4. The number of ether oxygens (including phenoxy) is 1. The van der Waals surface area contributed by atoms with E-state index in [0.29, 0.717) is 0 Å². The Balaban J connectivity index is 2.03. The van der Waals surface area contributed by atoms with Crippen LogP contribution in [0.2, 0.25) is 0 Å². The number of benzene rings is 2. The highest BCUT2D eigenvalue weighted by Gasteiger charge is 2.31. The van der Waals surface area contributed by atoms with E-state index in [1.54, 1.807) is 7.11 Å². The second-order valence-corrected chi connectivity index (χ2v) is 5.29. The van der Waals surface area contributed by atoms with E-state index < -0.39 is 0 Å². The van der Waals surface area contributed by atoms with E-state index in [4.69, 9.17) is 4.74 Å². The maximum Gasteiger partial charge on any atom is 0.253 e. The standard InChI is InChI=1S/C18H19NO2/c1-21-13-18(20)19-16-10-6-5-9-15(16)11-12-17(19)14-7-3-2-4-8-14/h2-10,17H,11-13H2,1H3. The number of amides is 1. The summed E-state index contributed by atoms with van der Waals surface area (Å²) in [5, 5.41) is 0. The number of fused-ring (bicyclic) bond motifs is 1. The molecule has 0 fully saturated rings. The predicted octanol–water partition coefficient (Wildman–Crippen LogP) is 3.35. The van der Waals surface area contributed by atoms with Crippen LogP contribution in [0.1, 0.15) is 23.6 Å². The van der Waals surface area contributed by atoms with Crippen molar-refractivity contribution in [1.82, 2.24) is 0 Å². The number of aryl methyl sites for hydroxylation is 1. The molecule has 1 unspecified atom stereocenters. The molecule has 2 aromatic carbocycles. The molecule has 0 saturated heterocycles. The third kappa shape index (κ3) is 2.69. The van der Waals surface area contributed by atoms with E-state index in [-0.39, 0.29) is 18.6 Å². The summed E-state index contributed by atoms with van der Waals surface area (Å²) < 4.78 is 5.06. The van der Waals surface area contributed by atoms with Crippen LogP contribution in [-0.4, -0.2) is 19.6 Å².